The molecule has 10 heteroatoms. The number of piperidine rings is 2. The number of nitrogens with one attached hydrogen (secondary N) is 4. The zero-order valence-corrected chi connectivity index (χ0v) is 19.3. The first-order chi connectivity index (χ1) is 15.6. The number of aromatic amines is 1. The van der Waals surface area contributed by atoms with E-state index in [0.29, 0.717) is 24.6 Å². The third-order valence-electron chi connectivity index (χ3n) is 6.38. The van der Waals surface area contributed by atoms with Crippen molar-refractivity contribution in [2.24, 2.45) is 0 Å². The lowest BCUT2D eigenvalue weighted by Gasteiger charge is -2.49. The third-order valence-corrected chi connectivity index (χ3v) is 7.29. The summed E-state index contributed by atoms with van der Waals surface area (Å²) in [5.41, 5.74) is 1.91. The number of hydrogen-bond donors (Lipinski definition) is 4. The predicted octanol–water partition coefficient (Wildman–Crippen LogP) is 3.40. The maximum atomic E-state index is 12.8. The van der Waals surface area contributed by atoms with E-state index in [1.54, 1.807) is 11.3 Å². The zero-order valence-electron chi connectivity index (χ0n) is 18.5. The van der Waals surface area contributed by atoms with Gasteiger partial charge in [-0.25, -0.2) is 4.98 Å². The van der Waals surface area contributed by atoms with Crippen LogP contribution in [-0.2, 0) is 4.79 Å². The lowest BCUT2D eigenvalue weighted by molar-refractivity contribution is -0.139. The SMILES string of the molecule is CCNCC(=O)N1[C@@H]2CCC[C@H]1C[C@H](Nc1nc(Nc3cc(C)[nH]n3)c3sccc3n1)C2. The molecule has 0 radical (unpaired) electrons. The molecule has 3 aromatic heterocycles. The third kappa shape index (κ3) is 4.29. The molecule has 1 amide bonds. The molecule has 0 aromatic carbocycles. The minimum atomic E-state index is 0.233. The summed E-state index contributed by atoms with van der Waals surface area (Å²) in [5.74, 6) is 2.36. The van der Waals surface area contributed by atoms with Crippen LogP contribution in [0.2, 0.25) is 0 Å². The summed E-state index contributed by atoms with van der Waals surface area (Å²) in [6.45, 7) is 5.25. The van der Waals surface area contributed by atoms with Crippen LogP contribution in [0.15, 0.2) is 17.5 Å². The lowest BCUT2D eigenvalue weighted by Crippen LogP contribution is -2.58. The molecule has 0 aliphatic carbocycles. The normalized spacial score (nSPS) is 22.8. The zero-order chi connectivity index (χ0) is 22.1. The van der Waals surface area contributed by atoms with E-state index in [4.69, 9.17) is 9.97 Å². The van der Waals surface area contributed by atoms with E-state index >= 15 is 0 Å². The molecule has 2 aliphatic rings. The Balaban J connectivity index is 1.33. The number of rotatable bonds is 7. The molecule has 2 saturated heterocycles. The number of anilines is 3. The molecule has 4 N–H and O–H groups in total. The highest BCUT2D eigenvalue weighted by Crippen LogP contribution is 2.36. The van der Waals surface area contributed by atoms with Gasteiger partial charge in [-0.3, -0.25) is 9.89 Å². The fourth-order valence-electron chi connectivity index (χ4n) is 5.03. The van der Waals surface area contributed by atoms with E-state index in [1.807, 2.05) is 31.4 Å². The Kier molecular flexibility index (Phi) is 5.97. The van der Waals surface area contributed by atoms with Gasteiger partial charge in [0.15, 0.2) is 11.6 Å². The molecule has 2 aliphatic heterocycles. The van der Waals surface area contributed by atoms with Crippen molar-refractivity contribution in [2.75, 3.05) is 23.7 Å². The molecule has 9 nitrogen and oxygen atoms in total. The maximum absolute atomic E-state index is 12.8. The van der Waals surface area contributed by atoms with Gasteiger partial charge in [0, 0.05) is 29.9 Å². The van der Waals surface area contributed by atoms with Crippen LogP contribution in [0.5, 0.6) is 0 Å². The van der Waals surface area contributed by atoms with Crippen LogP contribution >= 0.6 is 11.3 Å². The molecule has 0 saturated carbocycles. The number of nitrogens with zero attached hydrogens (tertiary/aromatic N) is 4. The van der Waals surface area contributed by atoms with Crippen molar-refractivity contribution in [3.63, 3.8) is 0 Å². The number of thiophene rings is 1. The summed E-state index contributed by atoms with van der Waals surface area (Å²) in [5, 5.41) is 19.4. The van der Waals surface area contributed by atoms with E-state index in [2.05, 4.69) is 31.0 Å². The summed E-state index contributed by atoms with van der Waals surface area (Å²) in [6.07, 6.45) is 5.20. The Morgan fingerprint density at radius 1 is 1.28 bits per heavy atom. The van der Waals surface area contributed by atoms with Crippen molar-refractivity contribution in [3.8, 4) is 0 Å². The molecule has 5 rings (SSSR count). The first-order valence-electron chi connectivity index (χ1n) is 11.4. The number of aryl methyl sites for hydroxylation is 1. The minimum Gasteiger partial charge on any atom is -0.351 e. The second kappa shape index (κ2) is 9.03. The van der Waals surface area contributed by atoms with Crippen LogP contribution in [0, 0.1) is 6.92 Å². The Bertz CT molecular complexity index is 1080. The smallest absolute Gasteiger partial charge is 0.237 e. The fraction of sp³-hybridized carbons (Fsp3) is 0.545. The molecule has 3 atom stereocenters. The Labute approximate surface area is 191 Å². The molecule has 2 fully saturated rings. The van der Waals surface area contributed by atoms with Gasteiger partial charge in [-0.1, -0.05) is 6.92 Å². The van der Waals surface area contributed by atoms with Gasteiger partial charge in [0.25, 0.3) is 0 Å². The van der Waals surface area contributed by atoms with E-state index in [9.17, 15) is 4.79 Å². The van der Waals surface area contributed by atoms with Gasteiger partial charge in [0.05, 0.1) is 16.8 Å². The van der Waals surface area contributed by atoms with Crippen LogP contribution in [0.3, 0.4) is 0 Å². The van der Waals surface area contributed by atoms with Crippen molar-refractivity contribution in [2.45, 2.75) is 64.1 Å². The first-order valence-corrected chi connectivity index (χ1v) is 12.3. The number of carbonyl (C=O) groups is 1. The largest absolute Gasteiger partial charge is 0.351 e. The number of likely N-dealkylation sites (N-methyl/N-ethyl adjacent to an activating group) is 1. The number of aromatic nitrogens is 4. The number of amides is 1. The van der Waals surface area contributed by atoms with Gasteiger partial charge in [0.2, 0.25) is 11.9 Å². The molecule has 2 bridgehead atoms. The molecule has 32 heavy (non-hydrogen) atoms. The highest BCUT2D eigenvalue weighted by molar-refractivity contribution is 7.17. The van der Waals surface area contributed by atoms with E-state index < -0.39 is 0 Å². The van der Waals surface area contributed by atoms with Crippen molar-refractivity contribution in [1.82, 2.24) is 30.4 Å². The number of carbonyl (C=O) groups excluding carboxylic acids is 1. The molecular formula is C22H30N8OS. The van der Waals surface area contributed by atoms with Gasteiger partial charge in [-0.05, 0) is 57.0 Å². The number of fused-ring (bicyclic) bond motifs is 3. The molecule has 0 spiro atoms. The summed E-state index contributed by atoms with van der Waals surface area (Å²) in [7, 11) is 0. The maximum Gasteiger partial charge on any atom is 0.237 e. The molecule has 3 aromatic rings. The van der Waals surface area contributed by atoms with Crippen LogP contribution in [0.25, 0.3) is 10.2 Å². The quantitative estimate of drug-likeness (QED) is 0.433. The van der Waals surface area contributed by atoms with Crippen LogP contribution in [0.4, 0.5) is 17.6 Å². The highest BCUT2D eigenvalue weighted by Gasteiger charge is 2.40. The van der Waals surface area contributed by atoms with Crippen molar-refractivity contribution < 1.29 is 4.79 Å². The van der Waals surface area contributed by atoms with Gasteiger partial charge in [0.1, 0.15) is 0 Å². The second-order valence-electron chi connectivity index (χ2n) is 8.72. The molecule has 5 heterocycles. The van der Waals surface area contributed by atoms with Gasteiger partial charge >= 0.3 is 0 Å². The molecule has 170 valence electrons. The van der Waals surface area contributed by atoms with Crippen molar-refractivity contribution in [3.05, 3.63) is 23.2 Å². The minimum absolute atomic E-state index is 0.233. The van der Waals surface area contributed by atoms with Crippen LogP contribution in [-0.4, -0.2) is 62.2 Å². The van der Waals surface area contributed by atoms with E-state index in [1.165, 1.54) is 6.42 Å². The van der Waals surface area contributed by atoms with Gasteiger partial charge < -0.3 is 20.9 Å². The van der Waals surface area contributed by atoms with Crippen molar-refractivity contribution >= 4 is 45.0 Å². The topological polar surface area (TPSA) is 111 Å². The number of H-pyrrole nitrogens is 1. The summed E-state index contributed by atoms with van der Waals surface area (Å²) in [4.78, 5) is 24.5. The van der Waals surface area contributed by atoms with Crippen molar-refractivity contribution in [1.29, 1.82) is 0 Å². The summed E-state index contributed by atoms with van der Waals surface area (Å²) < 4.78 is 1.01. The Hall–Kier alpha value is -2.72. The monoisotopic (exact) mass is 454 g/mol. The van der Waals surface area contributed by atoms with Crippen LogP contribution in [0.1, 0.15) is 44.7 Å². The summed E-state index contributed by atoms with van der Waals surface area (Å²) >= 11 is 1.61. The van der Waals surface area contributed by atoms with Gasteiger partial charge in [-0.15, -0.1) is 11.3 Å². The van der Waals surface area contributed by atoms with Crippen LogP contribution < -0.4 is 16.0 Å². The first kappa shape index (κ1) is 21.1. The average molecular weight is 455 g/mol. The van der Waals surface area contributed by atoms with E-state index in [0.717, 1.165) is 59.8 Å². The predicted molar refractivity (Wildman–Crippen MR) is 127 cm³/mol. The highest BCUT2D eigenvalue weighted by atomic mass is 32.1. The fourth-order valence-corrected chi connectivity index (χ4v) is 5.80. The average Bonchev–Trinajstić information content (AvgIpc) is 3.40. The van der Waals surface area contributed by atoms with E-state index in [-0.39, 0.29) is 11.9 Å². The second-order valence-corrected chi connectivity index (χ2v) is 9.64. The number of hydrogen-bond acceptors (Lipinski definition) is 8. The van der Waals surface area contributed by atoms with Gasteiger partial charge in [-0.2, -0.15) is 10.1 Å². The molecule has 0 unspecified atom stereocenters. The standard InChI is InChI=1S/C22H30N8OS/c1-3-23-12-19(31)30-15-5-4-6-16(30)11-14(10-15)24-22-25-17-7-8-32-20(17)21(27-22)26-18-9-13(2)28-29-18/h7-9,14-16,23H,3-6,10-12H2,1-2H3,(H3,24,25,26,27,28,29)/t14-,15-,16+. The Morgan fingerprint density at radius 2 is 2.09 bits per heavy atom. The Morgan fingerprint density at radius 3 is 2.81 bits per heavy atom. The summed E-state index contributed by atoms with van der Waals surface area (Å²) in [6, 6.07) is 4.81. The lowest BCUT2D eigenvalue weighted by atomic mass is 9.81. The molecular weight excluding hydrogens is 424 g/mol.